The van der Waals surface area contributed by atoms with Crippen LogP contribution >= 0.6 is 0 Å². The second-order valence-electron chi connectivity index (χ2n) is 18.0. The molecule has 0 aliphatic heterocycles. The molecule has 0 saturated carbocycles. The quantitative estimate of drug-likeness (QED) is 0.165. The van der Waals surface area contributed by atoms with Gasteiger partial charge in [0.2, 0.25) is 0 Å². The Morgan fingerprint density at radius 3 is 1.75 bits per heavy atom. The third-order valence-corrected chi connectivity index (χ3v) is 14.3. The van der Waals surface area contributed by atoms with Crippen LogP contribution in [0.1, 0.15) is 17.5 Å². The highest BCUT2D eigenvalue weighted by Gasteiger charge is 2.40. The van der Waals surface area contributed by atoms with Crippen LogP contribution < -0.4 is 15.4 Å². The highest BCUT2D eigenvalue weighted by Crippen LogP contribution is 2.51. The molecule has 13 aromatic rings. The number of anilines is 4. The Morgan fingerprint density at radius 1 is 0.382 bits per heavy atom. The second kappa shape index (κ2) is 15.1. The maximum Gasteiger partial charge on any atom is 0.159 e. The fraction of sp³-hybridized carbons (Fsp3) is 0.0312. The van der Waals surface area contributed by atoms with Crippen LogP contribution in [0.15, 0.2) is 239 Å². The summed E-state index contributed by atoms with van der Waals surface area (Å²) >= 11 is 0. The van der Waals surface area contributed by atoms with E-state index in [2.05, 4.69) is 235 Å². The van der Waals surface area contributed by atoms with Crippen molar-refractivity contribution in [1.29, 1.82) is 0 Å². The van der Waals surface area contributed by atoms with Crippen molar-refractivity contribution in [3.63, 3.8) is 0 Å². The highest BCUT2D eigenvalue weighted by atomic mass is 16.3. The fourth-order valence-corrected chi connectivity index (χ4v) is 11.3. The molecule has 1 aliphatic carbocycles. The SMILES string of the molecule is C1=c2ccc3c(N(c4ccccc4-c4ccccc4)c4cccc5c4oc4ccccc45)ccc4ccc(c2c43)C(Nc2cccc3c2oc2ccccc23)(c2ccccc2-c2ccccc2)C1. The normalized spacial score (nSPS) is 14.6. The first-order chi connectivity index (χ1) is 33.7. The Kier molecular flexibility index (Phi) is 8.53. The van der Waals surface area contributed by atoms with Gasteiger partial charge in [0.05, 0.1) is 28.3 Å². The van der Waals surface area contributed by atoms with Gasteiger partial charge in [-0.3, -0.25) is 0 Å². The smallest absolute Gasteiger partial charge is 0.159 e. The molecule has 11 aromatic carbocycles. The first kappa shape index (κ1) is 38.4. The minimum Gasteiger partial charge on any atom is -0.454 e. The molecule has 0 radical (unpaired) electrons. The molecule has 1 atom stereocenters. The van der Waals surface area contributed by atoms with Gasteiger partial charge in [-0.05, 0) is 92.0 Å². The summed E-state index contributed by atoms with van der Waals surface area (Å²) in [5.41, 5.74) is 13.8. The van der Waals surface area contributed by atoms with Gasteiger partial charge < -0.3 is 19.1 Å². The predicted molar refractivity (Wildman–Crippen MR) is 283 cm³/mol. The van der Waals surface area contributed by atoms with Gasteiger partial charge in [-0.15, -0.1) is 0 Å². The zero-order valence-corrected chi connectivity index (χ0v) is 37.0. The minimum atomic E-state index is -0.704. The number of fused-ring (bicyclic) bond motifs is 6. The average Bonchev–Trinajstić information content (AvgIpc) is 3.99. The summed E-state index contributed by atoms with van der Waals surface area (Å²) in [6.07, 6.45) is 3.16. The molecule has 0 amide bonds. The van der Waals surface area contributed by atoms with Crippen LogP contribution in [0.4, 0.5) is 22.7 Å². The van der Waals surface area contributed by atoms with Crippen LogP contribution in [0.5, 0.6) is 0 Å². The molecule has 4 heteroatoms. The van der Waals surface area contributed by atoms with E-state index in [4.69, 9.17) is 8.83 Å². The molecule has 0 fully saturated rings. The van der Waals surface area contributed by atoms with Crippen molar-refractivity contribution in [2.45, 2.75) is 12.0 Å². The molecule has 2 heterocycles. The molecule has 320 valence electrons. The molecule has 2 aromatic heterocycles. The average molecular weight is 871 g/mol. The molecular formula is C64H42N2O2. The van der Waals surface area contributed by atoms with E-state index in [1.165, 1.54) is 43.6 Å². The number of nitrogens with one attached hydrogen (secondary N) is 1. The monoisotopic (exact) mass is 870 g/mol. The van der Waals surface area contributed by atoms with Crippen molar-refractivity contribution < 1.29 is 8.83 Å². The number of hydrogen-bond acceptors (Lipinski definition) is 4. The van der Waals surface area contributed by atoms with E-state index >= 15 is 0 Å². The molecule has 1 aliphatic rings. The summed E-state index contributed by atoms with van der Waals surface area (Å²) in [5, 5.41) is 14.7. The van der Waals surface area contributed by atoms with Crippen LogP contribution in [-0.4, -0.2) is 0 Å². The van der Waals surface area contributed by atoms with Gasteiger partial charge in [-0.25, -0.2) is 0 Å². The van der Waals surface area contributed by atoms with E-state index in [1.807, 2.05) is 12.1 Å². The number of para-hydroxylation sites is 5. The van der Waals surface area contributed by atoms with Crippen LogP contribution in [0.3, 0.4) is 0 Å². The number of furan rings is 2. The predicted octanol–water partition coefficient (Wildman–Crippen LogP) is 16.9. The molecular weight excluding hydrogens is 829 g/mol. The molecule has 1 unspecified atom stereocenters. The van der Waals surface area contributed by atoms with E-state index in [0.29, 0.717) is 6.42 Å². The van der Waals surface area contributed by atoms with E-state index in [1.54, 1.807) is 0 Å². The molecule has 4 nitrogen and oxygen atoms in total. The Balaban J connectivity index is 1.06. The summed E-state index contributed by atoms with van der Waals surface area (Å²) in [6.45, 7) is 0. The van der Waals surface area contributed by atoms with Crippen LogP contribution in [0.2, 0.25) is 0 Å². The van der Waals surface area contributed by atoms with Crippen LogP contribution in [0.25, 0.3) is 93.8 Å². The lowest BCUT2D eigenvalue weighted by atomic mass is 9.71. The van der Waals surface area contributed by atoms with Crippen LogP contribution in [0, 0.1) is 0 Å². The maximum atomic E-state index is 6.86. The van der Waals surface area contributed by atoms with Crippen molar-refractivity contribution in [2.75, 3.05) is 10.2 Å². The molecule has 0 saturated heterocycles. The Labute approximate surface area is 392 Å². The number of hydrogen-bond donors (Lipinski definition) is 1. The van der Waals surface area contributed by atoms with Crippen molar-refractivity contribution in [2.24, 2.45) is 0 Å². The summed E-state index contributed by atoms with van der Waals surface area (Å²) in [6, 6.07) is 82.9. The first-order valence-corrected chi connectivity index (χ1v) is 23.4. The van der Waals surface area contributed by atoms with Gasteiger partial charge in [-0.2, -0.15) is 0 Å². The van der Waals surface area contributed by atoms with Gasteiger partial charge >= 0.3 is 0 Å². The number of rotatable bonds is 8. The Morgan fingerprint density at radius 2 is 0.971 bits per heavy atom. The van der Waals surface area contributed by atoms with Gasteiger partial charge in [-0.1, -0.05) is 200 Å². The Hall–Kier alpha value is -8.86. The maximum absolute atomic E-state index is 6.86. The zero-order valence-electron chi connectivity index (χ0n) is 37.0. The van der Waals surface area contributed by atoms with E-state index in [0.717, 1.165) is 83.1 Å². The molecule has 68 heavy (non-hydrogen) atoms. The summed E-state index contributed by atoms with van der Waals surface area (Å²) < 4.78 is 13.6. The van der Waals surface area contributed by atoms with Crippen molar-refractivity contribution >= 4 is 94.2 Å². The van der Waals surface area contributed by atoms with Gasteiger partial charge in [0, 0.05) is 32.5 Å². The summed E-state index contributed by atoms with van der Waals surface area (Å²) in [4.78, 5) is 2.43. The molecule has 0 bridgehead atoms. The standard InChI is InChI=1S/C64H42N2O2/c1-3-17-41(18-4-1)45-21-7-11-27-52(45)64(65-54-28-15-25-49-47-23-9-13-31-58(47)67-62(49)54)40-39-44-33-36-51-56(38-35-43-34-37-53(64)61(44)60(43)51)66(55-29-12-8-22-46(55)42-19-5-2-6-20-42)57-30-16-26-50-48-24-10-14-32-59(48)68-63(50)57/h1-39,65H,40H2. The zero-order chi connectivity index (χ0) is 44.8. The van der Waals surface area contributed by atoms with E-state index in [-0.39, 0.29) is 0 Å². The summed E-state index contributed by atoms with van der Waals surface area (Å²) in [5.74, 6) is 0. The van der Waals surface area contributed by atoms with Crippen molar-refractivity contribution in [3.8, 4) is 22.3 Å². The Bertz CT molecular complexity index is 4170. The third kappa shape index (κ3) is 5.74. The van der Waals surface area contributed by atoms with E-state index in [9.17, 15) is 0 Å². The highest BCUT2D eigenvalue weighted by molar-refractivity contribution is 6.19. The first-order valence-electron chi connectivity index (χ1n) is 23.4. The second-order valence-corrected chi connectivity index (χ2v) is 18.0. The van der Waals surface area contributed by atoms with Crippen molar-refractivity contribution in [1.82, 2.24) is 0 Å². The van der Waals surface area contributed by atoms with E-state index < -0.39 is 5.54 Å². The van der Waals surface area contributed by atoms with Gasteiger partial charge in [0.25, 0.3) is 0 Å². The fourth-order valence-electron chi connectivity index (χ4n) is 11.3. The lowest BCUT2D eigenvalue weighted by Crippen LogP contribution is -2.40. The number of benzene rings is 11. The molecule has 1 N–H and O–H groups in total. The summed E-state index contributed by atoms with van der Waals surface area (Å²) in [7, 11) is 0. The lowest BCUT2D eigenvalue weighted by Gasteiger charge is -2.41. The van der Waals surface area contributed by atoms with Gasteiger partial charge in [0.15, 0.2) is 11.2 Å². The number of nitrogens with zero attached hydrogens (tertiary/aromatic N) is 1. The minimum absolute atomic E-state index is 0.704. The van der Waals surface area contributed by atoms with Crippen LogP contribution in [-0.2, 0) is 5.54 Å². The third-order valence-electron chi connectivity index (χ3n) is 14.3. The molecule has 0 spiro atoms. The van der Waals surface area contributed by atoms with Crippen molar-refractivity contribution in [3.05, 3.63) is 247 Å². The topological polar surface area (TPSA) is 41.6 Å². The van der Waals surface area contributed by atoms with Gasteiger partial charge in [0.1, 0.15) is 11.2 Å². The lowest BCUT2D eigenvalue weighted by molar-refractivity contribution is 0.610. The largest absolute Gasteiger partial charge is 0.454 e. The molecule has 14 rings (SSSR count).